The summed E-state index contributed by atoms with van der Waals surface area (Å²) in [5.41, 5.74) is 3.14. The molecular weight excluding hydrogens is 414 g/mol. The molecule has 0 fully saturated rings. The van der Waals surface area contributed by atoms with Crippen molar-refractivity contribution in [2.75, 3.05) is 13.7 Å². The van der Waals surface area contributed by atoms with Gasteiger partial charge in [-0.05, 0) is 29.8 Å². The molecule has 0 aliphatic heterocycles. The maximum atomic E-state index is 12.3. The number of carbonyl (C=O) groups excluding carboxylic acids is 1. The Labute approximate surface area is 175 Å². The van der Waals surface area contributed by atoms with E-state index in [1.807, 2.05) is 0 Å². The summed E-state index contributed by atoms with van der Waals surface area (Å²) in [5, 5.41) is 15.5. The van der Waals surface area contributed by atoms with Gasteiger partial charge in [0, 0.05) is 17.5 Å². The van der Waals surface area contributed by atoms with Crippen molar-refractivity contribution in [3.8, 4) is 11.5 Å². The van der Waals surface area contributed by atoms with E-state index in [0.717, 1.165) is 0 Å². The van der Waals surface area contributed by atoms with Crippen LogP contribution in [0.5, 0.6) is 11.5 Å². The van der Waals surface area contributed by atoms with Crippen LogP contribution in [0.15, 0.2) is 58.6 Å². The van der Waals surface area contributed by atoms with Gasteiger partial charge in [0.15, 0.2) is 17.3 Å². The maximum absolute atomic E-state index is 12.3. The van der Waals surface area contributed by atoms with Crippen molar-refractivity contribution >= 4 is 40.4 Å². The Balaban J connectivity index is 1.74. The second-order valence-electron chi connectivity index (χ2n) is 5.92. The number of nitro benzene ring substituents is 1. The number of hydrogen-bond donors (Lipinski definition) is 1. The van der Waals surface area contributed by atoms with Gasteiger partial charge in [-0.3, -0.25) is 14.9 Å². The minimum Gasteiger partial charge on any atom is -0.493 e. The summed E-state index contributed by atoms with van der Waals surface area (Å²) in [6, 6.07) is 8.68. The Morgan fingerprint density at radius 1 is 1.37 bits per heavy atom. The van der Waals surface area contributed by atoms with Crippen molar-refractivity contribution in [3.05, 3.63) is 75.5 Å². The summed E-state index contributed by atoms with van der Waals surface area (Å²) in [5.74, 6) is 0.119. The molecule has 0 aliphatic rings. The number of nitrogens with zero attached hydrogens (tertiary/aromatic N) is 2. The first-order valence-corrected chi connectivity index (χ1v) is 8.93. The van der Waals surface area contributed by atoms with Gasteiger partial charge in [0.1, 0.15) is 12.2 Å². The number of amides is 1. The Kier molecular flexibility index (Phi) is 6.33. The molecule has 0 atom stereocenters. The Hall–Kier alpha value is -3.85. The number of ether oxygens (including phenoxy) is 2. The van der Waals surface area contributed by atoms with Crippen molar-refractivity contribution in [1.82, 2.24) is 5.43 Å². The van der Waals surface area contributed by atoms with E-state index in [1.165, 1.54) is 37.6 Å². The summed E-state index contributed by atoms with van der Waals surface area (Å²) in [6.07, 6.45) is 2.95. The van der Waals surface area contributed by atoms with Crippen molar-refractivity contribution in [1.29, 1.82) is 0 Å². The fourth-order valence-corrected chi connectivity index (χ4v) is 2.85. The summed E-state index contributed by atoms with van der Waals surface area (Å²) >= 11 is 6.22. The molecule has 154 valence electrons. The fraction of sp³-hybridized carbons (Fsp3) is 0.100. The molecule has 1 aromatic heterocycles. The van der Waals surface area contributed by atoms with Crippen LogP contribution in [0.2, 0.25) is 5.02 Å². The number of nitro groups is 1. The van der Waals surface area contributed by atoms with Crippen LogP contribution >= 0.6 is 11.6 Å². The van der Waals surface area contributed by atoms with E-state index >= 15 is 0 Å². The van der Waals surface area contributed by atoms with Crippen molar-refractivity contribution in [2.45, 2.75) is 0 Å². The Bertz CT molecular complexity index is 1150. The van der Waals surface area contributed by atoms with Crippen LogP contribution in [0.3, 0.4) is 0 Å². The predicted octanol–water partition coefficient (Wildman–Crippen LogP) is 4.33. The highest BCUT2D eigenvalue weighted by atomic mass is 35.5. The van der Waals surface area contributed by atoms with Crippen molar-refractivity contribution in [3.63, 3.8) is 0 Å². The number of halogens is 1. The van der Waals surface area contributed by atoms with Crippen LogP contribution in [0.1, 0.15) is 16.1 Å². The third-order valence-electron chi connectivity index (χ3n) is 3.91. The van der Waals surface area contributed by atoms with Gasteiger partial charge in [0.05, 0.1) is 23.3 Å². The number of furan rings is 1. The number of hydrogen-bond acceptors (Lipinski definition) is 7. The Morgan fingerprint density at radius 3 is 2.87 bits per heavy atom. The van der Waals surface area contributed by atoms with Crippen molar-refractivity contribution < 1.29 is 23.6 Å². The average Bonchev–Trinajstić information content (AvgIpc) is 3.16. The fourth-order valence-electron chi connectivity index (χ4n) is 2.57. The summed E-state index contributed by atoms with van der Waals surface area (Å²) in [7, 11) is 1.47. The number of hydrazone groups is 1. The molecule has 0 saturated carbocycles. The van der Waals surface area contributed by atoms with Crippen LogP contribution < -0.4 is 14.9 Å². The van der Waals surface area contributed by atoms with Crippen LogP contribution in [0.4, 0.5) is 5.69 Å². The lowest BCUT2D eigenvalue weighted by atomic mass is 10.2. The molecule has 0 spiro atoms. The van der Waals surface area contributed by atoms with Gasteiger partial charge in [0.25, 0.3) is 5.69 Å². The summed E-state index contributed by atoms with van der Waals surface area (Å²) < 4.78 is 16.1. The predicted molar refractivity (Wildman–Crippen MR) is 112 cm³/mol. The van der Waals surface area contributed by atoms with E-state index in [9.17, 15) is 14.9 Å². The van der Waals surface area contributed by atoms with Crippen LogP contribution in [0.25, 0.3) is 11.0 Å². The molecule has 3 aromatic rings. The molecule has 3 rings (SSSR count). The van der Waals surface area contributed by atoms with Gasteiger partial charge in [-0.2, -0.15) is 5.10 Å². The lowest BCUT2D eigenvalue weighted by Gasteiger charge is -2.11. The highest BCUT2D eigenvalue weighted by molar-refractivity contribution is 6.32. The lowest BCUT2D eigenvalue weighted by molar-refractivity contribution is -0.384. The lowest BCUT2D eigenvalue weighted by Crippen LogP contribution is -2.16. The minimum atomic E-state index is -0.617. The largest absolute Gasteiger partial charge is 0.493 e. The zero-order valence-electron chi connectivity index (χ0n) is 15.8. The molecule has 0 unspecified atom stereocenters. The third-order valence-corrected chi connectivity index (χ3v) is 4.19. The first kappa shape index (κ1) is 20.9. The smallest absolute Gasteiger partial charge is 0.307 e. The van der Waals surface area contributed by atoms with Crippen LogP contribution in [0, 0.1) is 10.1 Å². The van der Waals surface area contributed by atoms with Gasteiger partial charge >= 0.3 is 5.91 Å². The SMILES string of the molecule is C=CCOc1c(Cl)cc(/C=N/NC(=O)c2cc3cc([N+](=O)[O-])ccc3o2)cc1OC. The molecule has 1 N–H and O–H groups in total. The number of fused-ring (bicyclic) bond motifs is 1. The standard InChI is InChI=1S/C20H16ClN3O6/c1-3-6-29-19-15(21)7-12(8-17(19)28-2)11-22-23-20(25)18-10-13-9-14(24(26)27)4-5-16(13)30-18/h3-5,7-11H,1,6H2,2H3,(H,23,25)/b22-11+. The summed E-state index contributed by atoms with van der Waals surface area (Å²) in [6.45, 7) is 3.84. The number of nitrogens with one attached hydrogen (secondary N) is 1. The quantitative estimate of drug-likeness (QED) is 0.246. The number of non-ortho nitro benzene ring substituents is 1. The van der Waals surface area contributed by atoms with Gasteiger partial charge in [-0.25, -0.2) is 5.43 Å². The monoisotopic (exact) mass is 429 g/mol. The van der Waals surface area contributed by atoms with E-state index in [-0.39, 0.29) is 18.1 Å². The molecule has 0 saturated heterocycles. The molecule has 30 heavy (non-hydrogen) atoms. The van der Waals surface area contributed by atoms with E-state index in [0.29, 0.717) is 33.1 Å². The van der Waals surface area contributed by atoms with Crippen LogP contribution in [-0.4, -0.2) is 30.8 Å². The number of benzene rings is 2. The van der Waals surface area contributed by atoms with E-state index in [4.69, 9.17) is 25.5 Å². The molecule has 0 radical (unpaired) electrons. The number of methoxy groups -OCH3 is 1. The molecule has 1 heterocycles. The van der Waals surface area contributed by atoms with Gasteiger partial charge < -0.3 is 13.9 Å². The Morgan fingerprint density at radius 2 is 2.17 bits per heavy atom. The first-order chi connectivity index (χ1) is 14.4. The molecule has 2 aromatic carbocycles. The van der Waals surface area contributed by atoms with Crippen molar-refractivity contribution in [2.24, 2.45) is 5.10 Å². The number of carbonyl (C=O) groups is 1. The van der Waals surface area contributed by atoms with E-state index in [2.05, 4.69) is 17.1 Å². The third kappa shape index (κ3) is 4.58. The molecular formula is C20H16ClN3O6. The normalized spacial score (nSPS) is 10.9. The number of rotatable bonds is 8. The van der Waals surface area contributed by atoms with E-state index in [1.54, 1.807) is 18.2 Å². The van der Waals surface area contributed by atoms with Gasteiger partial charge in [-0.1, -0.05) is 24.3 Å². The minimum absolute atomic E-state index is 0.0357. The maximum Gasteiger partial charge on any atom is 0.307 e. The molecule has 0 bridgehead atoms. The van der Waals surface area contributed by atoms with Gasteiger partial charge in [0.2, 0.25) is 0 Å². The molecule has 9 nitrogen and oxygen atoms in total. The first-order valence-electron chi connectivity index (χ1n) is 8.55. The average molecular weight is 430 g/mol. The zero-order chi connectivity index (χ0) is 21.7. The molecule has 10 heteroatoms. The zero-order valence-corrected chi connectivity index (χ0v) is 16.5. The topological polar surface area (TPSA) is 116 Å². The highest BCUT2D eigenvalue weighted by Crippen LogP contribution is 2.36. The molecule has 0 aliphatic carbocycles. The highest BCUT2D eigenvalue weighted by Gasteiger charge is 2.15. The van der Waals surface area contributed by atoms with Gasteiger partial charge in [-0.15, -0.1) is 0 Å². The van der Waals surface area contributed by atoms with Crippen LogP contribution in [-0.2, 0) is 0 Å². The second kappa shape index (κ2) is 9.10. The van der Waals surface area contributed by atoms with E-state index < -0.39 is 10.8 Å². The second-order valence-corrected chi connectivity index (χ2v) is 6.33. The molecule has 1 amide bonds. The summed E-state index contributed by atoms with van der Waals surface area (Å²) in [4.78, 5) is 22.6.